The van der Waals surface area contributed by atoms with Gasteiger partial charge in [-0.15, -0.1) is 0 Å². The number of benzene rings is 2. The van der Waals surface area contributed by atoms with E-state index in [1.165, 1.54) is 37.1 Å². The molecule has 0 unspecified atom stereocenters. The van der Waals surface area contributed by atoms with E-state index in [1.54, 1.807) is 12.1 Å². The Balaban J connectivity index is 1.43. The van der Waals surface area contributed by atoms with Crippen LogP contribution in [0, 0.1) is 5.82 Å². The molecule has 0 radical (unpaired) electrons. The van der Waals surface area contributed by atoms with Crippen molar-refractivity contribution in [3.63, 3.8) is 0 Å². The molecule has 3 rings (SSSR count). The van der Waals surface area contributed by atoms with E-state index in [-0.39, 0.29) is 18.3 Å². The van der Waals surface area contributed by atoms with E-state index in [9.17, 15) is 9.18 Å². The van der Waals surface area contributed by atoms with Crippen LogP contribution >= 0.6 is 0 Å². The highest BCUT2D eigenvalue weighted by Crippen LogP contribution is 2.21. The zero-order chi connectivity index (χ0) is 17.5. The topological polar surface area (TPSA) is 44.4 Å². The molecule has 1 heterocycles. The molecule has 1 aliphatic heterocycles. The Bertz CT molecular complexity index is 679. The molecule has 25 heavy (non-hydrogen) atoms. The number of hydrogen-bond acceptors (Lipinski definition) is 3. The summed E-state index contributed by atoms with van der Waals surface area (Å²) in [4.78, 5) is 14.3. The van der Waals surface area contributed by atoms with E-state index in [1.807, 2.05) is 12.1 Å². The minimum Gasteiger partial charge on any atom is -0.376 e. The van der Waals surface area contributed by atoms with Gasteiger partial charge < -0.3 is 15.5 Å². The fourth-order valence-corrected chi connectivity index (χ4v) is 2.99. The first-order valence-electron chi connectivity index (χ1n) is 8.81. The van der Waals surface area contributed by atoms with Gasteiger partial charge in [0.2, 0.25) is 5.91 Å². The molecule has 0 aliphatic carbocycles. The van der Waals surface area contributed by atoms with Crippen LogP contribution in [0.15, 0.2) is 48.5 Å². The molecule has 1 amide bonds. The molecule has 2 aromatic rings. The summed E-state index contributed by atoms with van der Waals surface area (Å²) in [5.41, 5.74) is 3.05. The minimum absolute atomic E-state index is 0.0931. The summed E-state index contributed by atoms with van der Waals surface area (Å²) < 4.78 is 12.8. The van der Waals surface area contributed by atoms with Crippen molar-refractivity contribution in [2.45, 2.75) is 25.8 Å². The number of nitrogens with zero attached hydrogens (tertiary/aromatic N) is 1. The summed E-state index contributed by atoms with van der Waals surface area (Å²) in [6.07, 6.45) is 3.84. The summed E-state index contributed by atoms with van der Waals surface area (Å²) in [5.74, 6) is -0.367. The van der Waals surface area contributed by atoms with Crippen LogP contribution < -0.4 is 15.5 Å². The summed E-state index contributed by atoms with van der Waals surface area (Å²) in [6, 6.07) is 14.3. The Morgan fingerprint density at radius 1 is 0.960 bits per heavy atom. The standard InChI is InChI=1S/C20H24FN3O/c21-17-6-4-16(5-7-17)14-23-20(25)15-22-18-8-10-19(11-9-18)24-12-2-1-3-13-24/h4-11,22H,1-3,12-15H2,(H,23,25). The Morgan fingerprint density at radius 3 is 2.32 bits per heavy atom. The smallest absolute Gasteiger partial charge is 0.239 e. The Morgan fingerprint density at radius 2 is 1.64 bits per heavy atom. The van der Waals surface area contributed by atoms with Gasteiger partial charge in [0.25, 0.3) is 0 Å². The number of rotatable bonds is 6. The Labute approximate surface area is 148 Å². The number of carbonyl (C=O) groups excluding carboxylic acids is 1. The van der Waals surface area contributed by atoms with Crippen LogP contribution in [0.5, 0.6) is 0 Å². The minimum atomic E-state index is -0.273. The van der Waals surface area contributed by atoms with Gasteiger partial charge in [-0.25, -0.2) is 4.39 Å². The first kappa shape index (κ1) is 17.3. The van der Waals surface area contributed by atoms with E-state index in [2.05, 4.69) is 27.7 Å². The summed E-state index contributed by atoms with van der Waals surface area (Å²) in [6.45, 7) is 2.86. The molecule has 2 N–H and O–H groups in total. The van der Waals surface area contributed by atoms with Crippen LogP contribution in [0.2, 0.25) is 0 Å². The van der Waals surface area contributed by atoms with Crippen molar-refractivity contribution >= 4 is 17.3 Å². The second-order valence-corrected chi connectivity index (χ2v) is 6.35. The van der Waals surface area contributed by atoms with Gasteiger partial charge in [0.1, 0.15) is 5.82 Å². The first-order chi connectivity index (χ1) is 12.2. The van der Waals surface area contributed by atoms with Crippen molar-refractivity contribution < 1.29 is 9.18 Å². The van der Waals surface area contributed by atoms with Crippen LogP contribution in [0.4, 0.5) is 15.8 Å². The molecule has 0 bridgehead atoms. The molecule has 132 valence electrons. The lowest BCUT2D eigenvalue weighted by Gasteiger charge is -2.28. The zero-order valence-corrected chi connectivity index (χ0v) is 14.3. The lowest BCUT2D eigenvalue weighted by molar-refractivity contribution is -0.119. The number of piperidine rings is 1. The lowest BCUT2D eigenvalue weighted by atomic mass is 10.1. The zero-order valence-electron chi connectivity index (χ0n) is 14.3. The van der Waals surface area contributed by atoms with E-state index < -0.39 is 0 Å². The SMILES string of the molecule is O=C(CNc1ccc(N2CCCCC2)cc1)NCc1ccc(F)cc1. The maximum absolute atomic E-state index is 12.8. The van der Waals surface area contributed by atoms with E-state index in [0.29, 0.717) is 6.54 Å². The van der Waals surface area contributed by atoms with Crippen molar-refractivity contribution in [1.29, 1.82) is 0 Å². The number of carbonyl (C=O) groups is 1. The number of hydrogen-bond donors (Lipinski definition) is 2. The van der Waals surface area contributed by atoms with Crippen molar-refractivity contribution in [3.05, 3.63) is 59.9 Å². The molecule has 0 spiro atoms. The van der Waals surface area contributed by atoms with Crippen LogP contribution in [0.25, 0.3) is 0 Å². The Hall–Kier alpha value is -2.56. The summed E-state index contributed by atoms with van der Waals surface area (Å²) in [5, 5.41) is 5.95. The highest BCUT2D eigenvalue weighted by Gasteiger charge is 2.10. The van der Waals surface area contributed by atoms with Gasteiger partial charge in [0.15, 0.2) is 0 Å². The summed E-state index contributed by atoms with van der Waals surface area (Å²) >= 11 is 0. The molecule has 1 aliphatic rings. The van der Waals surface area contributed by atoms with Crippen LogP contribution in [-0.2, 0) is 11.3 Å². The van der Waals surface area contributed by atoms with E-state index in [4.69, 9.17) is 0 Å². The highest BCUT2D eigenvalue weighted by atomic mass is 19.1. The second kappa shape index (κ2) is 8.51. The Kier molecular flexibility index (Phi) is 5.88. The molecule has 2 aromatic carbocycles. The predicted molar refractivity (Wildman–Crippen MR) is 99.2 cm³/mol. The third kappa shape index (κ3) is 5.21. The molecule has 4 nitrogen and oxygen atoms in total. The largest absolute Gasteiger partial charge is 0.376 e. The highest BCUT2D eigenvalue weighted by molar-refractivity contribution is 5.80. The molecule has 0 aromatic heterocycles. The van der Waals surface area contributed by atoms with Crippen LogP contribution in [-0.4, -0.2) is 25.5 Å². The van der Waals surface area contributed by atoms with Crippen molar-refractivity contribution in [2.24, 2.45) is 0 Å². The van der Waals surface area contributed by atoms with Gasteiger partial charge in [-0.2, -0.15) is 0 Å². The maximum atomic E-state index is 12.8. The van der Waals surface area contributed by atoms with Crippen LogP contribution in [0.3, 0.4) is 0 Å². The quantitative estimate of drug-likeness (QED) is 0.845. The molecule has 0 atom stereocenters. The van der Waals surface area contributed by atoms with Gasteiger partial charge in [0, 0.05) is 31.0 Å². The normalized spacial score (nSPS) is 14.2. The molecular formula is C20H24FN3O. The third-order valence-corrected chi connectivity index (χ3v) is 4.44. The molecule has 1 fully saturated rings. The molecular weight excluding hydrogens is 317 g/mol. The second-order valence-electron chi connectivity index (χ2n) is 6.35. The third-order valence-electron chi connectivity index (χ3n) is 4.44. The average Bonchev–Trinajstić information content (AvgIpc) is 2.67. The van der Waals surface area contributed by atoms with Crippen molar-refractivity contribution in [2.75, 3.05) is 29.9 Å². The van der Waals surface area contributed by atoms with E-state index in [0.717, 1.165) is 24.3 Å². The molecule has 1 saturated heterocycles. The molecule has 0 saturated carbocycles. The monoisotopic (exact) mass is 341 g/mol. The fourth-order valence-electron chi connectivity index (χ4n) is 2.99. The number of halogens is 1. The van der Waals surface area contributed by atoms with Gasteiger partial charge in [-0.05, 0) is 61.2 Å². The van der Waals surface area contributed by atoms with Gasteiger partial charge in [0.05, 0.1) is 6.54 Å². The number of nitrogens with one attached hydrogen (secondary N) is 2. The van der Waals surface area contributed by atoms with Gasteiger partial charge in [-0.3, -0.25) is 4.79 Å². The van der Waals surface area contributed by atoms with E-state index >= 15 is 0 Å². The maximum Gasteiger partial charge on any atom is 0.239 e. The van der Waals surface area contributed by atoms with Gasteiger partial charge in [-0.1, -0.05) is 12.1 Å². The average molecular weight is 341 g/mol. The lowest BCUT2D eigenvalue weighted by Crippen LogP contribution is -2.30. The number of anilines is 2. The van der Waals surface area contributed by atoms with Crippen LogP contribution in [0.1, 0.15) is 24.8 Å². The van der Waals surface area contributed by atoms with Gasteiger partial charge >= 0.3 is 0 Å². The fraction of sp³-hybridized carbons (Fsp3) is 0.350. The summed E-state index contributed by atoms with van der Waals surface area (Å²) in [7, 11) is 0. The van der Waals surface area contributed by atoms with Crippen molar-refractivity contribution in [3.8, 4) is 0 Å². The number of amides is 1. The molecule has 5 heteroatoms. The van der Waals surface area contributed by atoms with Crippen molar-refractivity contribution in [1.82, 2.24) is 5.32 Å². The predicted octanol–water partition coefficient (Wildman–Crippen LogP) is 3.54. The first-order valence-corrected chi connectivity index (χ1v) is 8.81.